The molecule has 0 spiro atoms. The van der Waals surface area contributed by atoms with E-state index in [1.165, 1.54) is 0 Å². The lowest BCUT2D eigenvalue weighted by molar-refractivity contribution is -0.125. The van der Waals surface area contributed by atoms with Gasteiger partial charge in [-0.25, -0.2) is 0 Å². The van der Waals surface area contributed by atoms with Crippen molar-refractivity contribution in [3.63, 3.8) is 0 Å². The zero-order chi connectivity index (χ0) is 15.9. The molecule has 6 nitrogen and oxygen atoms in total. The van der Waals surface area contributed by atoms with E-state index in [9.17, 15) is 4.79 Å². The third-order valence-electron chi connectivity index (χ3n) is 3.55. The van der Waals surface area contributed by atoms with Gasteiger partial charge in [0.1, 0.15) is 5.75 Å². The van der Waals surface area contributed by atoms with Crippen LogP contribution in [-0.4, -0.2) is 23.2 Å². The Hall–Kier alpha value is -2.37. The maximum absolute atomic E-state index is 11.9. The molecule has 2 aromatic rings. The van der Waals surface area contributed by atoms with Crippen LogP contribution in [0, 0.1) is 5.92 Å². The third kappa shape index (κ3) is 3.84. The summed E-state index contributed by atoms with van der Waals surface area (Å²) in [7, 11) is 1.60. The lowest BCUT2D eigenvalue weighted by Gasteiger charge is -2.10. The van der Waals surface area contributed by atoms with Crippen LogP contribution in [0.15, 0.2) is 28.7 Å². The Morgan fingerprint density at radius 3 is 2.77 bits per heavy atom. The van der Waals surface area contributed by atoms with Gasteiger partial charge in [0.15, 0.2) is 0 Å². The topological polar surface area (TPSA) is 77.2 Å². The molecular formula is C16H21N3O3. The fourth-order valence-corrected chi connectivity index (χ4v) is 2.16. The summed E-state index contributed by atoms with van der Waals surface area (Å²) in [5, 5.41) is 10.8. The number of nitrogens with zero attached hydrogens (tertiary/aromatic N) is 2. The van der Waals surface area contributed by atoms with Crippen molar-refractivity contribution in [3.05, 3.63) is 30.2 Å². The standard InChI is InChI=1S/C16H21N3O3/c1-4-11(5-2)15(20)17-10-14-18-19-16(22-14)12-7-6-8-13(9-12)21-3/h6-9,11H,4-5,10H2,1-3H3,(H,17,20). The normalized spacial score (nSPS) is 10.7. The highest BCUT2D eigenvalue weighted by Crippen LogP contribution is 2.22. The van der Waals surface area contributed by atoms with E-state index < -0.39 is 0 Å². The number of ether oxygens (including phenoxy) is 1. The van der Waals surface area contributed by atoms with Crippen molar-refractivity contribution < 1.29 is 13.9 Å². The molecule has 0 saturated heterocycles. The number of carbonyl (C=O) groups is 1. The monoisotopic (exact) mass is 303 g/mol. The Morgan fingerprint density at radius 1 is 1.32 bits per heavy atom. The van der Waals surface area contributed by atoms with Gasteiger partial charge in [0.25, 0.3) is 0 Å². The van der Waals surface area contributed by atoms with Gasteiger partial charge in [-0.1, -0.05) is 19.9 Å². The molecule has 2 rings (SSSR count). The molecule has 6 heteroatoms. The van der Waals surface area contributed by atoms with Crippen molar-refractivity contribution in [2.24, 2.45) is 5.92 Å². The maximum atomic E-state index is 11.9. The molecule has 0 aliphatic carbocycles. The maximum Gasteiger partial charge on any atom is 0.247 e. The molecule has 1 aromatic heterocycles. The molecule has 0 bridgehead atoms. The fraction of sp³-hybridized carbons (Fsp3) is 0.438. The van der Waals surface area contributed by atoms with E-state index in [1.54, 1.807) is 7.11 Å². The minimum Gasteiger partial charge on any atom is -0.497 e. The average Bonchev–Trinajstić information content (AvgIpc) is 3.03. The van der Waals surface area contributed by atoms with Gasteiger partial charge in [-0.2, -0.15) is 0 Å². The summed E-state index contributed by atoms with van der Waals surface area (Å²) in [6.07, 6.45) is 1.64. The Kier molecular flexibility index (Phi) is 5.52. The van der Waals surface area contributed by atoms with Gasteiger partial charge in [-0.05, 0) is 31.0 Å². The Balaban J connectivity index is 2.01. The van der Waals surface area contributed by atoms with Crippen molar-refractivity contribution in [2.45, 2.75) is 33.2 Å². The van der Waals surface area contributed by atoms with Crippen molar-refractivity contribution in [3.8, 4) is 17.2 Å². The van der Waals surface area contributed by atoms with Crippen LogP contribution < -0.4 is 10.1 Å². The summed E-state index contributed by atoms with van der Waals surface area (Å²) in [6.45, 7) is 4.25. The van der Waals surface area contributed by atoms with Crippen molar-refractivity contribution >= 4 is 5.91 Å². The fourth-order valence-electron chi connectivity index (χ4n) is 2.16. The quantitative estimate of drug-likeness (QED) is 0.851. The lowest BCUT2D eigenvalue weighted by Crippen LogP contribution is -2.29. The zero-order valence-electron chi connectivity index (χ0n) is 13.1. The highest BCUT2D eigenvalue weighted by Gasteiger charge is 2.15. The van der Waals surface area contributed by atoms with Crippen LogP contribution in [0.25, 0.3) is 11.5 Å². The summed E-state index contributed by atoms with van der Waals surface area (Å²) < 4.78 is 10.7. The number of carbonyl (C=O) groups excluding carboxylic acids is 1. The van der Waals surface area contributed by atoms with Gasteiger partial charge in [0, 0.05) is 11.5 Å². The predicted molar refractivity (Wildman–Crippen MR) is 82.2 cm³/mol. The lowest BCUT2D eigenvalue weighted by atomic mass is 10.0. The van der Waals surface area contributed by atoms with E-state index in [0.717, 1.165) is 24.2 Å². The molecule has 22 heavy (non-hydrogen) atoms. The highest BCUT2D eigenvalue weighted by molar-refractivity contribution is 5.78. The number of hydrogen-bond acceptors (Lipinski definition) is 5. The second kappa shape index (κ2) is 7.59. The molecule has 118 valence electrons. The van der Waals surface area contributed by atoms with Crippen LogP contribution in [-0.2, 0) is 11.3 Å². The molecule has 0 saturated carbocycles. The van der Waals surface area contributed by atoms with Crippen molar-refractivity contribution in [1.29, 1.82) is 0 Å². The third-order valence-corrected chi connectivity index (χ3v) is 3.55. The Morgan fingerprint density at radius 2 is 2.09 bits per heavy atom. The Labute approximate surface area is 129 Å². The molecule has 0 aliphatic heterocycles. The number of aromatic nitrogens is 2. The van der Waals surface area contributed by atoms with E-state index in [1.807, 2.05) is 38.1 Å². The minimum atomic E-state index is 0.0196. The van der Waals surface area contributed by atoms with Crippen LogP contribution in [0.1, 0.15) is 32.6 Å². The van der Waals surface area contributed by atoms with Crippen LogP contribution in [0.4, 0.5) is 0 Å². The van der Waals surface area contributed by atoms with E-state index in [4.69, 9.17) is 9.15 Å². The van der Waals surface area contributed by atoms with Gasteiger partial charge in [-0.3, -0.25) is 4.79 Å². The van der Waals surface area contributed by atoms with Crippen LogP contribution >= 0.6 is 0 Å². The van der Waals surface area contributed by atoms with E-state index in [2.05, 4.69) is 15.5 Å². The molecule has 0 fully saturated rings. The smallest absolute Gasteiger partial charge is 0.247 e. The highest BCUT2D eigenvalue weighted by atomic mass is 16.5. The Bertz CT molecular complexity index is 621. The molecule has 1 heterocycles. The molecule has 1 amide bonds. The predicted octanol–water partition coefficient (Wildman–Crippen LogP) is 2.80. The summed E-state index contributed by atoms with van der Waals surface area (Å²) in [4.78, 5) is 11.9. The van der Waals surface area contributed by atoms with Gasteiger partial charge >= 0.3 is 0 Å². The second-order valence-corrected chi connectivity index (χ2v) is 4.96. The minimum absolute atomic E-state index is 0.0196. The largest absolute Gasteiger partial charge is 0.497 e. The molecule has 1 aromatic carbocycles. The van der Waals surface area contributed by atoms with Crippen LogP contribution in [0.2, 0.25) is 0 Å². The number of benzene rings is 1. The summed E-state index contributed by atoms with van der Waals surface area (Å²) in [5.41, 5.74) is 0.782. The van der Waals surface area contributed by atoms with E-state index >= 15 is 0 Å². The van der Waals surface area contributed by atoms with Gasteiger partial charge < -0.3 is 14.5 Å². The first-order chi connectivity index (χ1) is 10.7. The number of amides is 1. The average molecular weight is 303 g/mol. The number of rotatable bonds is 7. The van der Waals surface area contributed by atoms with Crippen LogP contribution in [0.3, 0.4) is 0 Å². The van der Waals surface area contributed by atoms with Crippen LogP contribution in [0.5, 0.6) is 5.75 Å². The van der Waals surface area contributed by atoms with Gasteiger partial charge in [-0.15, -0.1) is 10.2 Å². The second-order valence-electron chi connectivity index (χ2n) is 4.96. The first kappa shape index (κ1) is 16.0. The SMILES string of the molecule is CCC(CC)C(=O)NCc1nnc(-c2cccc(OC)c2)o1. The van der Waals surface area contributed by atoms with Gasteiger partial charge in [0.05, 0.1) is 13.7 Å². The molecule has 0 aliphatic rings. The molecule has 0 atom stereocenters. The van der Waals surface area contributed by atoms with Gasteiger partial charge in [0.2, 0.25) is 17.7 Å². The van der Waals surface area contributed by atoms with Crippen molar-refractivity contribution in [1.82, 2.24) is 15.5 Å². The molecular weight excluding hydrogens is 282 g/mol. The number of nitrogens with one attached hydrogen (secondary N) is 1. The molecule has 0 unspecified atom stereocenters. The molecule has 1 N–H and O–H groups in total. The first-order valence-corrected chi connectivity index (χ1v) is 7.42. The summed E-state index contributed by atoms with van der Waals surface area (Å²) in [6, 6.07) is 7.38. The van der Waals surface area contributed by atoms with E-state index in [-0.39, 0.29) is 18.4 Å². The van der Waals surface area contributed by atoms with E-state index in [0.29, 0.717) is 11.8 Å². The van der Waals surface area contributed by atoms with Crippen molar-refractivity contribution in [2.75, 3.05) is 7.11 Å². The first-order valence-electron chi connectivity index (χ1n) is 7.42. The zero-order valence-corrected chi connectivity index (χ0v) is 13.1. The number of methoxy groups -OCH3 is 1. The summed E-state index contributed by atoms with van der Waals surface area (Å²) >= 11 is 0. The number of hydrogen-bond donors (Lipinski definition) is 1. The molecule has 0 radical (unpaired) electrons. The summed E-state index contributed by atoms with van der Waals surface area (Å²) in [5.74, 6) is 1.56.